The van der Waals surface area contributed by atoms with Crippen LogP contribution in [0, 0.1) is 6.92 Å². The summed E-state index contributed by atoms with van der Waals surface area (Å²) >= 11 is 1.74. The van der Waals surface area contributed by atoms with E-state index in [1.807, 2.05) is 19.1 Å². The van der Waals surface area contributed by atoms with Crippen LogP contribution in [-0.2, 0) is 0 Å². The van der Waals surface area contributed by atoms with E-state index in [0.717, 1.165) is 22.8 Å². The molecular formula is C10H15NOS. The van der Waals surface area contributed by atoms with E-state index in [1.165, 1.54) is 0 Å². The van der Waals surface area contributed by atoms with Crippen molar-refractivity contribution in [3.63, 3.8) is 0 Å². The third-order valence-corrected chi connectivity index (χ3v) is 2.76. The van der Waals surface area contributed by atoms with Crippen LogP contribution in [0.4, 0.5) is 0 Å². The van der Waals surface area contributed by atoms with E-state index in [4.69, 9.17) is 0 Å². The van der Waals surface area contributed by atoms with E-state index >= 15 is 0 Å². The number of nitrogens with zero attached hydrogens (tertiary/aromatic N) is 1. The minimum absolute atomic E-state index is 0.377. The zero-order valence-corrected chi connectivity index (χ0v) is 8.84. The average molecular weight is 197 g/mol. The van der Waals surface area contributed by atoms with Crippen molar-refractivity contribution in [1.82, 2.24) is 4.98 Å². The highest BCUT2D eigenvalue weighted by Crippen LogP contribution is 2.17. The van der Waals surface area contributed by atoms with Gasteiger partial charge in [-0.15, -0.1) is 0 Å². The highest BCUT2D eigenvalue weighted by molar-refractivity contribution is 7.99. The van der Waals surface area contributed by atoms with Gasteiger partial charge in [0.25, 0.3) is 0 Å². The van der Waals surface area contributed by atoms with Gasteiger partial charge in [0.1, 0.15) is 0 Å². The summed E-state index contributed by atoms with van der Waals surface area (Å²) < 4.78 is 0. The molecule has 0 aliphatic rings. The van der Waals surface area contributed by atoms with Gasteiger partial charge in [-0.05, 0) is 24.3 Å². The summed E-state index contributed by atoms with van der Waals surface area (Å²) in [5.74, 6) is 1.79. The molecule has 0 saturated heterocycles. The molecule has 0 radical (unpaired) electrons. The average Bonchev–Trinajstić information content (AvgIpc) is 2.15. The predicted molar refractivity (Wildman–Crippen MR) is 56.9 cm³/mol. The van der Waals surface area contributed by atoms with Crippen LogP contribution in [-0.4, -0.2) is 21.6 Å². The number of rotatable bonds is 4. The van der Waals surface area contributed by atoms with Gasteiger partial charge >= 0.3 is 0 Å². The summed E-state index contributed by atoms with van der Waals surface area (Å²) in [6, 6.07) is 3.86. The van der Waals surface area contributed by atoms with Crippen molar-refractivity contribution in [2.24, 2.45) is 0 Å². The van der Waals surface area contributed by atoms with Crippen molar-refractivity contribution in [2.45, 2.75) is 20.0 Å². The Morgan fingerprint density at radius 2 is 2.31 bits per heavy atom. The smallest absolute Gasteiger partial charge is 0.0895 e. The van der Waals surface area contributed by atoms with Crippen molar-refractivity contribution in [1.29, 1.82) is 0 Å². The van der Waals surface area contributed by atoms with Gasteiger partial charge in [0.05, 0.1) is 6.10 Å². The van der Waals surface area contributed by atoms with E-state index < -0.39 is 0 Å². The second kappa shape index (κ2) is 5.25. The summed E-state index contributed by atoms with van der Waals surface area (Å²) in [4.78, 5) is 4.14. The molecule has 1 N–H and O–H groups in total. The third kappa shape index (κ3) is 3.36. The van der Waals surface area contributed by atoms with Gasteiger partial charge in [0.15, 0.2) is 0 Å². The lowest BCUT2D eigenvalue weighted by Gasteiger charge is -2.09. The molecule has 13 heavy (non-hydrogen) atoms. The maximum Gasteiger partial charge on any atom is 0.0895 e. The molecule has 1 atom stereocenters. The Labute approximate surface area is 83.4 Å². The molecule has 1 heterocycles. The number of pyridine rings is 1. The Morgan fingerprint density at radius 1 is 1.54 bits per heavy atom. The number of aliphatic hydroxyl groups is 1. The van der Waals surface area contributed by atoms with Crippen molar-refractivity contribution in [3.05, 3.63) is 29.6 Å². The van der Waals surface area contributed by atoms with Gasteiger partial charge < -0.3 is 5.11 Å². The maximum atomic E-state index is 9.68. The Kier molecular flexibility index (Phi) is 4.25. The quantitative estimate of drug-likeness (QED) is 0.803. The summed E-state index contributed by atoms with van der Waals surface area (Å²) in [5.41, 5.74) is 1.89. The summed E-state index contributed by atoms with van der Waals surface area (Å²) in [7, 11) is 0. The molecule has 0 amide bonds. The first kappa shape index (κ1) is 10.5. The molecule has 1 rings (SSSR count). The van der Waals surface area contributed by atoms with Crippen LogP contribution in [0.2, 0.25) is 0 Å². The Bertz CT molecular complexity index is 248. The number of hydrogen-bond acceptors (Lipinski definition) is 3. The van der Waals surface area contributed by atoms with Crippen molar-refractivity contribution in [2.75, 3.05) is 11.5 Å². The lowest BCUT2D eigenvalue weighted by Crippen LogP contribution is -2.01. The van der Waals surface area contributed by atoms with E-state index in [9.17, 15) is 5.11 Å². The van der Waals surface area contributed by atoms with E-state index in [2.05, 4.69) is 11.9 Å². The maximum absolute atomic E-state index is 9.68. The van der Waals surface area contributed by atoms with E-state index in [0.29, 0.717) is 0 Å². The Hall–Kier alpha value is -0.540. The number of hydrogen-bond donors (Lipinski definition) is 1. The molecule has 3 heteroatoms. The first-order chi connectivity index (χ1) is 6.24. The monoisotopic (exact) mass is 197 g/mol. The van der Waals surface area contributed by atoms with Gasteiger partial charge in [0.2, 0.25) is 0 Å². The van der Waals surface area contributed by atoms with Crippen molar-refractivity contribution >= 4 is 11.8 Å². The molecular weight excluding hydrogens is 182 g/mol. The number of aromatic nitrogens is 1. The molecule has 0 saturated carbocycles. The normalized spacial score (nSPS) is 12.8. The third-order valence-electron chi connectivity index (χ3n) is 1.80. The predicted octanol–water partition coefficient (Wildman–Crippen LogP) is 2.18. The van der Waals surface area contributed by atoms with Crippen LogP contribution in [0.5, 0.6) is 0 Å². The van der Waals surface area contributed by atoms with Crippen LogP contribution in [0.15, 0.2) is 18.3 Å². The lowest BCUT2D eigenvalue weighted by molar-refractivity contribution is 0.203. The second-order valence-electron chi connectivity index (χ2n) is 2.91. The molecule has 0 spiro atoms. The van der Waals surface area contributed by atoms with Gasteiger partial charge in [-0.3, -0.25) is 4.98 Å². The van der Waals surface area contributed by atoms with Crippen molar-refractivity contribution < 1.29 is 5.11 Å². The number of aliphatic hydroxyl groups excluding tert-OH is 1. The van der Waals surface area contributed by atoms with E-state index in [1.54, 1.807) is 18.0 Å². The van der Waals surface area contributed by atoms with Crippen LogP contribution in [0.25, 0.3) is 0 Å². The molecule has 1 aromatic rings. The minimum Gasteiger partial charge on any atom is -0.387 e. The van der Waals surface area contributed by atoms with Gasteiger partial charge in [0, 0.05) is 17.6 Å². The first-order valence-corrected chi connectivity index (χ1v) is 5.58. The molecule has 1 unspecified atom stereocenters. The molecule has 0 bridgehead atoms. The molecule has 0 aliphatic heterocycles. The molecule has 0 aromatic carbocycles. The summed E-state index contributed by atoms with van der Waals surface area (Å²) in [6.45, 7) is 4.03. The molecule has 0 aliphatic carbocycles. The van der Waals surface area contributed by atoms with Crippen LogP contribution < -0.4 is 0 Å². The van der Waals surface area contributed by atoms with Crippen LogP contribution >= 0.6 is 11.8 Å². The minimum atomic E-state index is -0.377. The molecule has 0 fully saturated rings. The van der Waals surface area contributed by atoms with Gasteiger partial charge in [-0.1, -0.05) is 13.0 Å². The van der Waals surface area contributed by atoms with E-state index in [-0.39, 0.29) is 6.10 Å². The fourth-order valence-electron chi connectivity index (χ4n) is 1.00. The topological polar surface area (TPSA) is 33.1 Å². The summed E-state index contributed by atoms with van der Waals surface area (Å²) in [5, 5.41) is 9.68. The SMILES string of the molecule is CCSCC(O)c1ccc(C)nc1. The standard InChI is InChI=1S/C10H15NOS/c1-3-13-7-10(12)9-5-4-8(2)11-6-9/h4-6,10,12H,3,7H2,1-2H3. The second-order valence-corrected chi connectivity index (χ2v) is 4.23. The highest BCUT2D eigenvalue weighted by atomic mass is 32.2. The zero-order chi connectivity index (χ0) is 9.68. The fourth-order valence-corrected chi connectivity index (χ4v) is 1.65. The Morgan fingerprint density at radius 3 is 2.85 bits per heavy atom. The van der Waals surface area contributed by atoms with Gasteiger partial charge in [-0.2, -0.15) is 11.8 Å². The van der Waals surface area contributed by atoms with Crippen molar-refractivity contribution in [3.8, 4) is 0 Å². The zero-order valence-electron chi connectivity index (χ0n) is 8.03. The molecule has 72 valence electrons. The molecule has 2 nitrogen and oxygen atoms in total. The van der Waals surface area contributed by atoms with Gasteiger partial charge in [-0.25, -0.2) is 0 Å². The Balaban J connectivity index is 2.55. The molecule has 1 aromatic heterocycles. The lowest BCUT2D eigenvalue weighted by atomic mass is 10.2. The number of thioether (sulfide) groups is 1. The first-order valence-electron chi connectivity index (χ1n) is 4.42. The highest BCUT2D eigenvalue weighted by Gasteiger charge is 2.06. The number of aryl methyl sites for hydroxylation is 1. The fraction of sp³-hybridized carbons (Fsp3) is 0.500. The summed E-state index contributed by atoms with van der Waals surface area (Å²) in [6.07, 6.45) is 1.37. The largest absolute Gasteiger partial charge is 0.387 e. The van der Waals surface area contributed by atoms with Crippen LogP contribution in [0.1, 0.15) is 24.3 Å². The van der Waals surface area contributed by atoms with Crippen LogP contribution in [0.3, 0.4) is 0 Å².